The molecule has 0 saturated carbocycles. The van der Waals surface area contributed by atoms with Crippen LogP contribution in [0.2, 0.25) is 0 Å². The number of carbonyl (C=O) groups excluding carboxylic acids is 1. The summed E-state index contributed by atoms with van der Waals surface area (Å²) in [7, 11) is 1.63. The summed E-state index contributed by atoms with van der Waals surface area (Å²) in [4.78, 5) is 14.1. The van der Waals surface area contributed by atoms with Crippen molar-refractivity contribution < 1.29 is 9.53 Å². The predicted octanol–water partition coefficient (Wildman–Crippen LogP) is 2.61. The second-order valence-corrected chi connectivity index (χ2v) is 3.67. The lowest BCUT2D eigenvalue weighted by Gasteiger charge is -2.03. The zero-order valence-electron chi connectivity index (χ0n) is 9.05. The van der Waals surface area contributed by atoms with Crippen molar-refractivity contribution in [2.75, 3.05) is 7.11 Å². The number of aryl methyl sites for hydroxylation is 2. The summed E-state index contributed by atoms with van der Waals surface area (Å²) in [5, 5.41) is 0.930. The number of hydrogen-bond acceptors (Lipinski definition) is 2. The van der Waals surface area contributed by atoms with Crippen molar-refractivity contribution in [2.24, 2.45) is 0 Å². The molecule has 0 atom stereocenters. The topological polar surface area (TPSA) is 42.1 Å². The Labute approximate surface area is 88.1 Å². The van der Waals surface area contributed by atoms with E-state index in [1.807, 2.05) is 26.0 Å². The summed E-state index contributed by atoms with van der Waals surface area (Å²) in [6.45, 7) is 3.87. The number of ether oxygens (including phenoxy) is 1. The zero-order valence-corrected chi connectivity index (χ0v) is 9.05. The average Bonchev–Trinajstić information content (AvgIpc) is 2.52. The highest BCUT2D eigenvalue weighted by atomic mass is 16.5. The van der Waals surface area contributed by atoms with Crippen molar-refractivity contribution in [3.63, 3.8) is 0 Å². The molecule has 1 aromatic carbocycles. The molecule has 3 heteroatoms. The number of aromatic nitrogens is 1. The van der Waals surface area contributed by atoms with E-state index in [0.717, 1.165) is 34.2 Å². The van der Waals surface area contributed by atoms with Crippen LogP contribution in [0.25, 0.3) is 10.9 Å². The SMILES string of the molecule is COc1cc(C)cc2c(C=O)c(C)[nH]c12. The second kappa shape index (κ2) is 3.42. The van der Waals surface area contributed by atoms with Gasteiger partial charge in [0.15, 0.2) is 6.29 Å². The summed E-state index contributed by atoms with van der Waals surface area (Å²) >= 11 is 0. The molecule has 0 aliphatic heterocycles. The van der Waals surface area contributed by atoms with Gasteiger partial charge in [0.1, 0.15) is 5.75 Å². The van der Waals surface area contributed by atoms with Crippen LogP contribution in [0.3, 0.4) is 0 Å². The fraction of sp³-hybridized carbons (Fsp3) is 0.250. The number of benzene rings is 1. The standard InChI is InChI=1S/C12H13NO2/c1-7-4-9-10(6-14)8(2)13-12(9)11(5-7)15-3/h4-6,13H,1-3H3. The second-order valence-electron chi connectivity index (χ2n) is 3.67. The Morgan fingerprint density at radius 2 is 2.07 bits per heavy atom. The molecule has 78 valence electrons. The van der Waals surface area contributed by atoms with Gasteiger partial charge in [-0.15, -0.1) is 0 Å². The molecular formula is C12H13NO2. The van der Waals surface area contributed by atoms with Crippen LogP contribution in [0.15, 0.2) is 12.1 Å². The van der Waals surface area contributed by atoms with Crippen molar-refractivity contribution in [1.82, 2.24) is 4.98 Å². The molecule has 15 heavy (non-hydrogen) atoms. The molecule has 0 unspecified atom stereocenters. The van der Waals surface area contributed by atoms with E-state index in [-0.39, 0.29) is 0 Å². The van der Waals surface area contributed by atoms with Crippen LogP contribution in [0.5, 0.6) is 5.75 Å². The molecule has 3 nitrogen and oxygen atoms in total. The Morgan fingerprint density at radius 3 is 2.67 bits per heavy atom. The molecule has 1 N–H and O–H groups in total. The smallest absolute Gasteiger partial charge is 0.152 e. The number of aromatic amines is 1. The van der Waals surface area contributed by atoms with Crippen LogP contribution in [0.4, 0.5) is 0 Å². The zero-order chi connectivity index (χ0) is 11.0. The molecule has 1 aromatic heterocycles. The van der Waals surface area contributed by atoms with E-state index in [4.69, 9.17) is 4.74 Å². The van der Waals surface area contributed by atoms with Gasteiger partial charge in [-0.25, -0.2) is 0 Å². The number of nitrogens with one attached hydrogen (secondary N) is 1. The lowest BCUT2D eigenvalue weighted by Crippen LogP contribution is -1.86. The number of carbonyl (C=O) groups is 1. The van der Waals surface area contributed by atoms with Gasteiger partial charge in [0, 0.05) is 16.6 Å². The minimum atomic E-state index is 0.715. The number of methoxy groups -OCH3 is 1. The highest BCUT2D eigenvalue weighted by Gasteiger charge is 2.11. The van der Waals surface area contributed by atoms with Gasteiger partial charge >= 0.3 is 0 Å². The average molecular weight is 203 g/mol. The van der Waals surface area contributed by atoms with Crippen LogP contribution >= 0.6 is 0 Å². The fourth-order valence-corrected chi connectivity index (χ4v) is 1.86. The van der Waals surface area contributed by atoms with Gasteiger partial charge in [-0.3, -0.25) is 4.79 Å². The third-order valence-corrected chi connectivity index (χ3v) is 2.59. The van der Waals surface area contributed by atoms with E-state index < -0.39 is 0 Å². The highest BCUT2D eigenvalue weighted by molar-refractivity contribution is 6.01. The van der Waals surface area contributed by atoms with Crippen LogP contribution in [0, 0.1) is 13.8 Å². The van der Waals surface area contributed by atoms with E-state index in [9.17, 15) is 4.79 Å². The van der Waals surface area contributed by atoms with E-state index in [1.54, 1.807) is 7.11 Å². The molecule has 2 aromatic rings. The summed E-state index contributed by atoms with van der Waals surface area (Å²) in [6.07, 6.45) is 0.882. The Bertz CT molecular complexity index is 526. The van der Waals surface area contributed by atoms with E-state index in [1.165, 1.54) is 0 Å². The Hall–Kier alpha value is -1.77. The third-order valence-electron chi connectivity index (χ3n) is 2.59. The Kier molecular flexibility index (Phi) is 2.23. The lowest BCUT2D eigenvalue weighted by molar-refractivity contribution is 0.112. The van der Waals surface area contributed by atoms with Gasteiger partial charge in [-0.2, -0.15) is 0 Å². The van der Waals surface area contributed by atoms with Crippen molar-refractivity contribution in [3.8, 4) is 5.75 Å². The third kappa shape index (κ3) is 1.40. The molecule has 0 radical (unpaired) electrons. The maximum absolute atomic E-state index is 11.0. The molecule has 0 spiro atoms. The number of H-pyrrole nitrogens is 1. The fourth-order valence-electron chi connectivity index (χ4n) is 1.86. The van der Waals surface area contributed by atoms with E-state index >= 15 is 0 Å². The van der Waals surface area contributed by atoms with Crippen LogP contribution in [-0.2, 0) is 0 Å². The maximum Gasteiger partial charge on any atom is 0.152 e. The molecule has 0 aliphatic rings. The molecule has 0 aliphatic carbocycles. The van der Waals surface area contributed by atoms with Crippen LogP contribution in [0.1, 0.15) is 21.6 Å². The predicted molar refractivity (Wildman–Crippen MR) is 59.7 cm³/mol. The van der Waals surface area contributed by atoms with Gasteiger partial charge in [-0.1, -0.05) is 0 Å². The molecular weight excluding hydrogens is 190 g/mol. The Balaban J connectivity index is 2.89. The minimum Gasteiger partial charge on any atom is -0.495 e. The first kappa shape index (κ1) is 9.77. The quantitative estimate of drug-likeness (QED) is 0.762. The van der Waals surface area contributed by atoms with Crippen molar-refractivity contribution in [1.29, 1.82) is 0 Å². The van der Waals surface area contributed by atoms with Gasteiger partial charge in [-0.05, 0) is 31.5 Å². The summed E-state index contributed by atoms with van der Waals surface area (Å²) in [5.41, 5.74) is 3.57. The molecule has 1 heterocycles. The van der Waals surface area contributed by atoms with Gasteiger partial charge in [0.05, 0.1) is 12.6 Å². The molecule has 2 rings (SSSR count). The first-order chi connectivity index (χ1) is 7.17. The van der Waals surface area contributed by atoms with Crippen molar-refractivity contribution >= 4 is 17.2 Å². The largest absolute Gasteiger partial charge is 0.495 e. The number of fused-ring (bicyclic) bond motifs is 1. The number of rotatable bonds is 2. The highest BCUT2D eigenvalue weighted by Crippen LogP contribution is 2.30. The van der Waals surface area contributed by atoms with Gasteiger partial charge < -0.3 is 9.72 Å². The monoisotopic (exact) mass is 203 g/mol. The number of aldehydes is 1. The van der Waals surface area contributed by atoms with Crippen molar-refractivity contribution in [3.05, 3.63) is 29.0 Å². The summed E-state index contributed by atoms with van der Waals surface area (Å²) in [6, 6.07) is 3.94. The van der Waals surface area contributed by atoms with Crippen LogP contribution in [-0.4, -0.2) is 18.4 Å². The number of hydrogen-bond donors (Lipinski definition) is 1. The first-order valence-corrected chi connectivity index (χ1v) is 4.79. The summed E-state index contributed by atoms with van der Waals surface area (Å²) < 4.78 is 5.27. The molecule has 0 amide bonds. The Morgan fingerprint density at radius 1 is 1.33 bits per heavy atom. The molecule has 0 saturated heterocycles. The minimum absolute atomic E-state index is 0.715. The lowest BCUT2D eigenvalue weighted by atomic mass is 10.1. The van der Waals surface area contributed by atoms with Gasteiger partial charge in [0.25, 0.3) is 0 Å². The summed E-state index contributed by atoms with van der Waals surface area (Å²) in [5.74, 6) is 0.779. The molecule has 0 fully saturated rings. The van der Waals surface area contributed by atoms with Crippen molar-refractivity contribution in [2.45, 2.75) is 13.8 Å². The first-order valence-electron chi connectivity index (χ1n) is 4.79. The normalized spacial score (nSPS) is 10.6. The van der Waals surface area contributed by atoms with E-state index in [0.29, 0.717) is 5.56 Å². The van der Waals surface area contributed by atoms with Gasteiger partial charge in [0.2, 0.25) is 0 Å². The maximum atomic E-state index is 11.0. The van der Waals surface area contributed by atoms with E-state index in [2.05, 4.69) is 4.98 Å². The molecule has 0 bridgehead atoms. The van der Waals surface area contributed by atoms with Crippen LogP contribution < -0.4 is 4.74 Å².